The smallest absolute Gasteiger partial charge is 0.268 e. The Hall–Kier alpha value is -1.11. The van der Waals surface area contributed by atoms with Gasteiger partial charge in [0.05, 0.1) is 12.6 Å². The second-order valence-electron chi connectivity index (χ2n) is 2.56. The van der Waals surface area contributed by atoms with Crippen molar-refractivity contribution in [3.8, 4) is 6.07 Å². The number of halogens is 2. The minimum absolute atomic E-state index is 0.379. The van der Waals surface area contributed by atoms with E-state index in [2.05, 4.69) is 6.58 Å². The van der Waals surface area contributed by atoms with E-state index in [1.807, 2.05) is 0 Å². The molecule has 1 saturated heterocycles. The maximum atomic E-state index is 12.6. The molecular formula is C7H8F2N2. The molecule has 1 rings (SSSR count). The Morgan fingerprint density at radius 3 is 2.73 bits per heavy atom. The van der Waals surface area contributed by atoms with Crippen molar-refractivity contribution in [3.63, 3.8) is 0 Å². The monoisotopic (exact) mass is 158 g/mol. The van der Waals surface area contributed by atoms with Gasteiger partial charge in [0, 0.05) is 6.42 Å². The third-order valence-corrected chi connectivity index (χ3v) is 1.69. The maximum absolute atomic E-state index is 12.6. The number of likely N-dealkylation sites (tertiary alicyclic amines) is 1. The van der Waals surface area contributed by atoms with Crippen LogP contribution in [0.2, 0.25) is 0 Å². The van der Waals surface area contributed by atoms with E-state index in [0.29, 0.717) is 0 Å². The van der Waals surface area contributed by atoms with Crippen LogP contribution in [0.5, 0.6) is 0 Å². The van der Waals surface area contributed by atoms with Gasteiger partial charge in [0.15, 0.2) is 0 Å². The summed E-state index contributed by atoms with van der Waals surface area (Å²) in [6, 6.07) is 1.09. The quantitative estimate of drug-likeness (QED) is 0.576. The second kappa shape index (κ2) is 2.50. The fraction of sp³-hybridized carbons (Fsp3) is 0.571. The molecule has 4 heteroatoms. The first-order chi connectivity index (χ1) is 5.09. The van der Waals surface area contributed by atoms with Crippen molar-refractivity contribution in [2.45, 2.75) is 18.4 Å². The molecule has 0 aliphatic carbocycles. The summed E-state index contributed by atoms with van der Waals surface area (Å²) in [5, 5.41) is 8.43. The lowest BCUT2D eigenvalue weighted by Gasteiger charge is -2.13. The molecule has 0 N–H and O–H groups in total. The van der Waals surface area contributed by atoms with Gasteiger partial charge in [0.1, 0.15) is 6.04 Å². The minimum atomic E-state index is -2.73. The fourth-order valence-corrected chi connectivity index (χ4v) is 1.15. The van der Waals surface area contributed by atoms with Gasteiger partial charge in [-0.05, 0) is 6.20 Å². The average molecular weight is 158 g/mol. The summed E-state index contributed by atoms with van der Waals surface area (Å²) >= 11 is 0. The zero-order valence-electron chi connectivity index (χ0n) is 5.93. The fourth-order valence-electron chi connectivity index (χ4n) is 1.15. The molecule has 1 aliphatic heterocycles. The largest absolute Gasteiger partial charge is 0.356 e. The molecule has 0 aromatic heterocycles. The van der Waals surface area contributed by atoms with Crippen LogP contribution in [0.3, 0.4) is 0 Å². The Balaban J connectivity index is 2.71. The van der Waals surface area contributed by atoms with Gasteiger partial charge in [-0.2, -0.15) is 5.26 Å². The van der Waals surface area contributed by atoms with Gasteiger partial charge >= 0.3 is 0 Å². The number of hydrogen-bond acceptors (Lipinski definition) is 2. The summed E-state index contributed by atoms with van der Waals surface area (Å²) in [6.07, 6.45) is 0.907. The van der Waals surface area contributed by atoms with Gasteiger partial charge in [0.2, 0.25) is 0 Å². The SMILES string of the molecule is C=CN1CC(F)(F)CC1C#N. The highest BCUT2D eigenvalue weighted by Gasteiger charge is 2.43. The van der Waals surface area contributed by atoms with Gasteiger partial charge in [-0.15, -0.1) is 0 Å². The molecule has 0 saturated carbocycles. The molecule has 60 valence electrons. The molecule has 1 atom stereocenters. The van der Waals surface area contributed by atoms with Crippen LogP contribution in [-0.4, -0.2) is 23.4 Å². The number of nitrogens with zero attached hydrogens (tertiary/aromatic N) is 2. The molecule has 0 spiro atoms. The lowest BCUT2D eigenvalue weighted by Crippen LogP contribution is -2.23. The molecule has 1 unspecified atom stereocenters. The highest BCUT2D eigenvalue weighted by Crippen LogP contribution is 2.31. The van der Waals surface area contributed by atoms with Crippen LogP contribution in [0.15, 0.2) is 12.8 Å². The summed E-state index contributed by atoms with van der Waals surface area (Å²) in [4.78, 5) is 1.26. The summed E-state index contributed by atoms with van der Waals surface area (Å²) in [7, 11) is 0. The van der Waals surface area contributed by atoms with Gasteiger partial charge in [-0.25, -0.2) is 8.78 Å². The lowest BCUT2D eigenvalue weighted by atomic mass is 10.2. The molecule has 0 aromatic rings. The summed E-state index contributed by atoms with van der Waals surface area (Å²) < 4.78 is 25.2. The third kappa shape index (κ3) is 1.48. The average Bonchev–Trinajstić information content (AvgIpc) is 2.25. The Labute approximate surface area is 63.7 Å². The van der Waals surface area contributed by atoms with E-state index in [1.54, 1.807) is 6.07 Å². The predicted octanol–water partition coefficient (Wildman–Crippen LogP) is 1.36. The highest BCUT2D eigenvalue weighted by molar-refractivity contribution is 5.04. The molecular weight excluding hydrogens is 150 g/mol. The van der Waals surface area contributed by atoms with Crippen LogP contribution >= 0.6 is 0 Å². The summed E-state index contributed by atoms with van der Waals surface area (Å²) in [5.41, 5.74) is 0. The van der Waals surface area contributed by atoms with Crippen molar-refractivity contribution in [2.75, 3.05) is 6.54 Å². The molecule has 1 aliphatic rings. The maximum Gasteiger partial charge on any atom is 0.268 e. The first-order valence-electron chi connectivity index (χ1n) is 3.25. The van der Waals surface area contributed by atoms with E-state index in [4.69, 9.17) is 5.26 Å². The Kier molecular flexibility index (Phi) is 1.81. The van der Waals surface area contributed by atoms with Crippen LogP contribution in [0, 0.1) is 11.3 Å². The molecule has 0 radical (unpaired) electrons. The number of nitriles is 1. The van der Waals surface area contributed by atoms with E-state index in [0.717, 1.165) is 0 Å². The van der Waals surface area contributed by atoms with Crippen molar-refractivity contribution >= 4 is 0 Å². The van der Waals surface area contributed by atoms with E-state index < -0.39 is 12.0 Å². The number of rotatable bonds is 1. The summed E-state index contributed by atoms with van der Waals surface area (Å²) in [6.45, 7) is 2.97. The normalized spacial score (nSPS) is 28.1. The zero-order chi connectivity index (χ0) is 8.48. The van der Waals surface area contributed by atoms with Gasteiger partial charge in [-0.3, -0.25) is 0 Å². The van der Waals surface area contributed by atoms with Crippen LogP contribution in [0.25, 0.3) is 0 Å². The Morgan fingerprint density at radius 2 is 2.36 bits per heavy atom. The van der Waals surface area contributed by atoms with Crippen LogP contribution in [0.1, 0.15) is 6.42 Å². The molecule has 0 bridgehead atoms. The van der Waals surface area contributed by atoms with Crippen LogP contribution in [-0.2, 0) is 0 Å². The first kappa shape index (κ1) is 7.99. The highest BCUT2D eigenvalue weighted by atomic mass is 19.3. The van der Waals surface area contributed by atoms with Crippen molar-refractivity contribution < 1.29 is 8.78 Å². The van der Waals surface area contributed by atoms with E-state index in [1.165, 1.54) is 11.1 Å². The number of hydrogen-bond donors (Lipinski definition) is 0. The zero-order valence-corrected chi connectivity index (χ0v) is 5.93. The van der Waals surface area contributed by atoms with E-state index in [9.17, 15) is 8.78 Å². The first-order valence-corrected chi connectivity index (χ1v) is 3.25. The third-order valence-electron chi connectivity index (χ3n) is 1.69. The van der Waals surface area contributed by atoms with Gasteiger partial charge < -0.3 is 4.90 Å². The van der Waals surface area contributed by atoms with E-state index >= 15 is 0 Å². The minimum Gasteiger partial charge on any atom is -0.356 e. The van der Waals surface area contributed by atoms with Crippen molar-refractivity contribution in [1.29, 1.82) is 5.26 Å². The Bertz CT molecular complexity index is 207. The van der Waals surface area contributed by atoms with Gasteiger partial charge in [0.25, 0.3) is 5.92 Å². The molecule has 2 nitrogen and oxygen atoms in total. The lowest BCUT2D eigenvalue weighted by molar-refractivity contribution is 0.0158. The molecule has 0 amide bonds. The topological polar surface area (TPSA) is 27.0 Å². The van der Waals surface area contributed by atoms with Crippen LogP contribution in [0.4, 0.5) is 8.78 Å². The summed E-state index contributed by atoms with van der Waals surface area (Å²) in [5.74, 6) is -2.73. The number of alkyl halides is 2. The molecule has 11 heavy (non-hydrogen) atoms. The van der Waals surface area contributed by atoms with Crippen LogP contribution < -0.4 is 0 Å². The van der Waals surface area contributed by atoms with Crippen molar-refractivity contribution in [1.82, 2.24) is 4.90 Å². The van der Waals surface area contributed by atoms with Gasteiger partial charge in [-0.1, -0.05) is 6.58 Å². The molecule has 1 fully saturated rings. The molecule has 1 heterocycles. The van der Waals surface area contributed by atoms with Crippen molar-refractivity contribution in [3.05, 3.63) is 12.8 Å². The predicted molar refractivity (Wildman–Crippen MR) is 35.9 cm³/mol. The standard InChI is InChI=1S/C7H8F2N2/c1-2-11-5-7(8,9)3-6(11)4-10/h2,6H,1,3,5H2. The molecule has 0 aromatic carbocycles. The Morgan fingerprint density at radius 1 is 1.73 bits per heavy atom. The van der Waals surface area contributed by atoms with E-state index in [-0.39, 0.29) is 13.0 Å². The van der Waals surface area contributed by atoms with Crippen molar-refractivity contribution in [2.24, 2.45) is 0 Å². The second-order valence-corrected chi connectivity index (χ2v) is 2.56.